The smallest absolute Gasteiger partial charge is 0.238 e. The Bertz CT molecular complexity index is 409. The summed E-state index contributed by atoms with van der Waals surface area (Å²) < 4.78 is 0. The van der Waals surface area contributed by atoms with Crippen molar-refractivity contribution >= 4 is 5.91 Å². The Labute approximate surface area is 114 Å². The van der Waals surface area contributed by atoms with Crippen LogP contribution >= 0.6 is 0 Å². The van der Waals surface area contributed by atoms with Crippen molar-refractivity contribution in [3.8, 4) is 0 Å². The monoisotopic (exact) mass is 262 g/mol. The minimum atomic E-state index is -0.108. The Kier molecular flexibility index (Phi) is 4.87. The number of nitrogens with zero attached hydrogens (tertiary/aromatic N) is 2. The number of aromatic nitrogens is 1. The van der Waals surface area contributed by atoms with E-state index < -0.39 is 0 Å². The molecule has 0 spiro atoms. The molecule has 2 rings (SSSR count). The molecule has 1 aromatic rings. The first kappa shape index (κ1) is 14.0. The van der Waals surface area contributed by atoms with Gasteiger partial charge in [0, 0.05) is 38.6 Å². The van der Waals surface area contributed by atoms with Gasteiger partial charge in [0.1, 0.15) is 6.04 Å². The molecule has 5 nitrogen and oxygen atoms in total. The summed E-state index contributed by atoms with van der Waals surface area (Å²) in [6, 6.07) is 3.90. The molecule has 1 amide bonds. The van der Waals surface area contributed by atoms with Gasteiger partial charge in [0.15, 0.2) is 0 Å². The zero-order valence-electron chi connectivity index (χ0n) is 11.6. The number of carbonyl (C=O) groups excluding carboxylic acids is 1. The molecule has 0 bridgehead atoms. The van der Waals surface area contributed by atoms with Gasteiger partial charge in [0.2, 0.25) is 5.91 Å². The fourth-order valence-electron chi connectivity index (χ4n) is 2.46. The molecule has 0 aromatic carbocycles. The lowest BCUT2D eigenvalue weighted by Gasteiger charge is -2.29. The molecule has 104 valence electrons. The Morgan fingerprint density at radius 2 is 2.21 bits per heavy atom. The van der Waals surface area contributed by atoms with Gasteiger partial charge in [0.25, 0.3) is 0 Å². The second-order valence-corrected chi connectivity index (χ2v) is 5.21. The quantitative estimate of drug-likeness (QED) is 0.816. The lowest BCUT2D eigenvalue weighted by Crippen LogP contribution is -2.49. The molecule has 1 aliphatic rings. The Morgan fingerprint density at radius 3 is 2.89 bits per heavy atom. The molecule has 2 heterocycles. The summed E-state index contributed by atoms with van der Waals surface area (Å²) in [4.78, 5) is 18.4. The summed E-state index contributed by atoms with van der Waals surface area (Å²) in [7, 11) is 1.88. The third kappa shape index (κ3) is 3.75. The van der Waals surface area contributed by atoms with E-state index in [-0.39, 0.29) is 11.9 Å². The first-order valence-electron chi connectivity index (χ1n) is 6.76. The van der Waals surface area contributed by atoms with E-state index in [9.17, 15) is 4.79 Å². The van der Waals surface area contributed by atoms with Crippen LogP contribution in [-0.4, -0.2) is 48.5 Å². The van der Waals surface area contributed by atoms with Gasteiger partial charge in [-0.1, -0.05) is 6.92 Å². The number of carbonyl (C=O) groups is 1. The van der Waals surface area contributed by atoms with Crippen LogP contribution in [0.5, 0.6) is 0 Å². The van der Waals surface area contributed by atoms with Crippen LogP contribution in [0.3, 0.4) is 0 Å². The SMILES string of the molecule is CNCC1C(=O)NCC(C)CN1Cc1ccncc1. The zero-order valence-corrected chi connectivity index (χ0v) is 11.6. The van der Waals surface area contributed by atoms with Crippen LogP contribution in [0.2, 0.25) is 0 Å². The van der Waals surface area contributed by atoms with Crippen molar-refractivity contribution in [3.05, 3.63) is 30.1 Å². The maximum absolute atomic E-state index is 12.1. The highest BCUT2D eigenvalue weighted by Crippen LogP contribution is 2.13. The predicted octanol–water partition coefficient (Wildman–Crippen LogP) is 0.238. The molecular formula is C14H22N4O. The number of hydrogen-bond donors (Lipinski definition) is 2. The van der Waals surface area contributed by atoms with E-state index in [1.54, 1.807) is 12.4 Å². The van der Waals surface area contributed by atoms with E-state index in [2.05, 4.69) is 27.4 Å². The lowest BCUT2D eigenvalue weighted by molar-refractivity contribution is -0.125. The third-order valence-corrected chi connectivity index (χ3v) is 3.45. The topological polar surface area (TPSA) is 57.3 Å². The molecule has 2 N–H and O–H groups in total. The summed E-state index contributed by atoms with van der Waals surface area (Å²) in [6.45, 7) is 5.30. The first-order chi connectivity index (χ1) is 9.20. The van der Waals surface area contributed by atoms with E-state index in [1.807, 2.05) is 19.2 Å². The number of rotatable bonds is 4. The van der Waals surface area contributed by atoms with E-state index in [0.717, 1.165) is 19.6 Å². The Morgan fingerprint density at radius 1 is 1.47 bits per heavy atom. The van der Waals surface area contributed by atoms with Crippen LogP contribution < -0.4 is 10.6 Å². The molecule has 5 heteroatoms. The van der Waals surface area contributed by atoms with Gasteiger partial charge in [-0.05, 0) is 30.7 Å². The van der Waals surface area contributed by atoms with Crippen molar-refractivity contribution in [2.45, 2.75) is 19.5 Å². The number of hydrogen-bond acceptors (Lipinski definition) is 4. The van der Waals surface area contributed by atoms with E-state index in [4.69, 9.17) is 0 Å². The average Bonchev–Trinajstić information content (AvgIpc) is 2.54. The largest absolute Gasteiger partial charge is 0.354 e. The van der Waals surface area contributed by atoms with Crippen LogP contribution in [0.15, 0.2) is 24.5 Å². The van der Waals surface area contributed by atoms with Crippen molar-refractivity contribution < 1.29 is 4.79 Å². The number of nitrogens with one attached hydrogen (secondary N) is 2. The predicted molar refractivity (Wildman–Crippen MR) is 74.5 cm³/mol. The molecule has 1 aliphatic heterocycles. The average molecular weight is 262 g/mol. The van der Waals surface area contributed by atoms with Crippen molar-refractivity contribution in [3.63, 3.8) is 0 Å². The molecule has 19 heavy (non-hydrogen) atoms. The number of amides is 1. The van der Waals surface area contributed by atoms with Crippen LogP contribution in [0.4, 0.5) is 0 Å². The van der Waals surface area contributed by atoms with E-state index in [0.29, 0.717) is 12.5 Å². The normalized spacial score (nSPS) is 24.8. The summed E-state index contributed by atoms with van der Waals surface area (Å²) in [6.07, 6.45) is 3.59. The van der Waals surface area contributed by atoms with Crippen LogP contribution in [-0.2, 0) is 11.3 Å². The second-order valence-electron chi connectivity index (χ2n) is 5.21. The molecule has 2 atom stereocenters. The van der Waals surface area contributed by atoms with Crippen LogP contribution in [0.25, 0.3) is 0 Å². The number of likely N-dealkylation sites (N-methyl/N-ethyl adjacent to an activating group) is 1. The zero-order chi connectivity index (χ0) is 13.7. The van der Waals surface area contributed by atoms with Crippen LogP contribution in [0.1, 0.15) is 12.5 Å². The second kappa shape index (κ2) is 6.63. The van der Waals surface area contributed by atoms with Crippen LogP contribution in [0, 0.1) is 5.92 Å². The van der Waals surface area contributed by atoms with Gasteiger partial charge < -0.3 is 10.6 Å². The molecule has 1 aromatic heterocycles. The van der Waals surface area contributed by atoms with Gasteiger partial charge in [-0.3, -0.25) is 14.7 Å². The highest BCUT2D eigenvalue weighted by molar-refractivity contribution is 5.82. The molecule has 2 unspecified atom stereocenters. The maximum Gasteiger partial charge on any atom is 0.238 e. The summed E-state index contributed by atoms with van der Waals surface area (Å²) in [5.41, 5.74) is 1.19. The highest BCUT2D eigenvalue weighted by Gasteiger charge is 2.29. The summed E-state index contributed by atoms with van der Waals surface area (Å²) in [5, 5.41) is 6.12. The van der Waals surface area contributed by atoms with E-state index in [1.165, 1.54) is 5.56 Å². The fraction of sp³-hybridized carbons (Fsp3) is 0.571. The lowest BCUT2D eigenvalue weighted by atomic mass is 10.1. The van der Waals surface area contributed by atoms with Gasteiger partial charge in [-0.2, -0.15) is 0 Å². The van der Waals surface area contributed by atoms with Gasteiger partial charge in [-0.25, -0.2) is 0 Å². The summed E-state index contributed by atoms with van der Waals surface area (Å²) in [5.74, 6) is 0.584. The van der Waals surface area contributed by atoms with Gasteiger partial charge >= 0.3 is 0 Å². The fourth-order valence-corrected chi connectivity index (χ4v) is 2.46. The Balaban J connectivity index is 2.14. The minimum absolute atomic E-state index is 0.108. The molecule has 1 saturated heterocycles. The summed E-state index contributed by atoms with van der Waals surface area (Å²) >= 11 is 0. The molecule has 0 saturated carbocycles. The number of pyridine rings is 1. The van der Waals surface area contributed by atoms with E-state index >= 15 is 0 Å². The third-order valence-electron chi connectivity index (χ3n) is 3.45. The molecule has 0 aliphatic carbocycles. The van der Waals surface area contributed by atoms with Gasteiger partial charge in [0.05, 0.1) is 0 Å². The van der Waals surface area contributed by atoms with Crippen molar-refractivity contribution in [2.75, 3.05) is 26.7 Å². The molecule has 0 radical (unpaired) electrons. The highest BCUT2D eigenvalue weighted by atomic mass is 16.2. The maximum atomic E-state index is 12.1. The van der Waals surface area contributed by atoms with Crippen molar-refractivity contribution in [1.29, 1.82) is 0 Å². The van der Waals surface area contributed by atoms with Crippen molar-refractivity contribution in [1.82, 2.24) is 20.5 Å². The standard InChI is InChI=1S/C14H22N4O/c1-11-7-17-14(19)13(8-15-2)18(9-11)10-12-3-5-16-6-4-12/h3-6,11,13,15H,7-10H2,1-2H3,(H,17,19). The van der Waals surface area contributed by atoms with Crippen molar-refractivity contribution in [2.24, 2.45) is 5.92 Å². The van der Waals surface area contributed by atoms with Gasteiger partial charge in [-0.15, -0.1) is 0 Å². The Hall–Kier alpha value is -1.46. The minimum Gasteiger partial charge on any atom is -0.354 e. The first-order valence-corrected chi connectivity index (χ1v) is 6.76. The molecule has 1 fully saturated rings. The molecular weight excluding hydrogens is 240 g/mol.